The SMILES string of the molecule is Cc1noc(C)c1-c1nc(-c2c[nH]c3ncc(F)cc23)nc(N[C@H]2C3CCC(CC3)[C@@H]2C(=O)O)c1F. The number of aryl methyl sites for hydroxylation is 2. The molecule has 0 unspecified atom stereocenters. The van der Waals surface area contributed by atoms with E-state index < -0.39 is 29.6 Å². The van der Waals surface area contributed by atoms with Crippen LogP contribution in [0.1, 0.15) is 37.1 Å². The largest absolute Gasteiger partial charge is 0.481 e. The normalized spacial score (nSPS) is 23.3. The molecule has 186 valence electrons. The van der Waals surface area contributed by atoms with Gasteiger partial charge in [-0.1, -0.05) is 5.16 Å². The summed E-state index contributed by atoms with van der Waals surface area (Å²) in [5.74, 6) is -2.21. The number of anilines is 1. The Labute approximate surface area is 204 Å². The predicted octanol–water partition coefficient (Wildman–Crippen LogP) is 4.87. The average molecular weight is 495 g/mol. The second-order valence-electron chi connectivity index (χ2n) is 9.72. The van der Waals surface area contributed by atoms with Crippen LogP contribution in [0, 0.1) is 43.2 Å². The molecular weight excluding hydrogens is 470 g/mol. The van der Waals surface area contributed by atoms with Gasteiger partial charge in [0, 0.05) is 23.2 Å². The topological polar surface area (TPSA) is 130 Å². The van der Waals surface area contributed by atoms with Gasteiger partial charge >= 0.3 is 5.97 Å². The van der Waals surface area contributed by atoms with Crippen LogP contribution in [0.2, 0.25) is 0 Å². The van der Waals surface area contributed by atoms with Crippen molar-refractivity contribution in [2.75, 3.05) is 5.32 Å². The molecule has 7 rings (SSSR count). The highest BCUT2D eigenvalue weighted by molar-refractivity contribution is 5.92. The summed E-state index contributed by atoms with van der Waals surface area (Å²) < 4.78 is 35.3. The molecule has 4 heterocycles. The first kappa shape index (κ1) is 22.6. The maximum Gasteiger partial charge on any atom is 0.308 e. The molecule has 3 saturated carbocycles. The van der Waals surface area contributed by atoms with E-state index in [2.05, 4.69) is 30.4 Å². The number of halogens is 2. The molecule has 2 atom stereocenters. The number of fused-ring (bicyclic) bond motifs is 4. The van der Waals surface area contributed by atoms with Gasteiger partial charge in [0.05, 0.1) is 23.4 Å². The Balaban J connectivity index is 1.52. The Morgan fingerprint density at radius 3 is 2.61 bits per heavy atom. The van der Waals surface area contributed by atoms with Crippen LogP contribution in [0.15, 0.2) is 23.0 Å². The summed E-state index contributed by atoms with van der Waals surface area (Å²) in [5, 5.41) is 17.5. The van der Waals surface area contributed by atoms with Crippen LogP contribution in [-0.4, -0.2) is 42.2 Å². The number of aromatic nitrogens is 5. The molecule has 11 heteroatoms. The molecule has 3 aliphatic rings. The fraction of sp³-hybridized carbons (Fsp3) is 0.400. The van der Waals surface area contributed by atoms with E-state index in [1.165, 1.54) is 6.07 Å². The van der Waals surface area contributed by atoms with E-state index in [1.807, 2.05) is 0 Å². The monoisotopic (exact) mass is 494 g/mol. The summed E-state index contributed by atoms with van der Waals surface area (Å²) in [4.78, 5) is 28.2. The Morgan fingerprint density at radius 1 is 1.17 bits per heavy atom. The molecule has 3 N–H and O–H groups in total. The number of rotatable bonds is 5. The lowest BCUT2D eigenvalue weighted by Gasteiger charge is -2.47. The number of aromatic amines is 1. The Kier molecular flexibility index (Phi) is 5.24. The summed E-state index contributed by atoms with van der Waals surface area (Å²) >= 11 is 0. The number of hydrogen-bond acceptors (Lipinski definition) is 7. The maximum atomic E-state index is 16.0. The van der Waals surface area contributed by atoms with Gasteiger partial charge in [-0.2, -0.15) is 0 Å². The Morgan fingerprint density at radius 2 is 1.92 bits per heavy atom. The molecule has 0 radical (unpaired) electrons. The summed E-state index contributed by atoms with van der Waals surface area (Å²) in [7, 11) is 0. The molecule has 0 amide bonds. The molecule has 0 saturated heterocycles. The number of aliphatic carboxylic acids is 1. The molecule has 9 nitrogen and oxygen atoms in total. The number of nitrogens with one attached hydrogen (secondary N) is 2. The van der Waals surface area contributed by atoms with Crippen LogP contribution < -0.4 is 5.32 Å². The summed E-state index contributed by atoms with van der Waals surface area (Å²) in [5.41, 5.74) is 1.69. The van der Waals surface area contributed by atoms with E-state index in [0.717, 1.165) is 31.9 Å². The lowest BCUT2D eigenvalue weighted by atomic mass is 9.61. The summed E-state index contributed by atoms with van der Waals surface area (Å²) in [6.45, 7) is 3.35. The quantitative estimate of drug-likeness (QED) is 0.358. The standard InChI is InChI=1S/C25H24F2N6O3/c1-10-17(11(2)36-33-10)21-19(27)24(30-20-13-5-3-12(4-6-13)18(20)25(34)35)32-23(31-21)16-9-29-22-15(16)7-14(26)8-28-22/h7-9,12-13,18,20H,3-6H2,1-2H3,(H,28,29)(H,34,35)(H,30,31,32)/t12?,13?,18-,20-/m0/s1. The van der Waals surface area contributed by atoms with Crippen LogP contribution in [0.3, 0.4) is 0 Å². The van der Waals surface area contributed by atoms with Gasteiger partial charge in [-0.05, 0) is 57.4 Å². The van der Waals surface area contributed by atoms with E-state index in [1.54, 1.807) is 20.0 Å². The first-order chi connectivity index (χ1) is 17.3. The van der Waals surface area contributed by atoms with Gasteiger partial charge in [0.15, 0.2) is 17.5 Å². The summed E-state index contributed by atoms with van der Waals surface area (Å²) in [6.07, 6.45) is 6.17. The minimum Gasteiger partial charge on any atom is -0.481 e. The zero-order valence-electron chi connectivity index (χ0n) is 19.7. The molecule has 4 aromatic rings. The van der Waals surface area contributed by atoms with E-state index in [9.17, 15) is 14.3 Å². The fourth-order valence-electron chi connectivity index (χ4n) is 5.98. The van der Waals surface area contributed by atoms with Gasteiger partial charge in [0.2, 0.25) is 0 Å². The molecule has 0 aliphatic heterocycles. The van der Waals surface area contributed by atoms with Gasteiger partial charge in [-0.25, -0.2) is 23.7 Å². The van der Waals surface area contributed by atoms with Crippen molar-refractivity contribution in [3.05, 3.63) is 41.5 Å². The predicted molar refractivity (Wildman–Crippen MR) is 126 cm³/mol. The molecule has 3 fully saturated rings. The Hall–Kier alpha value is -3.89. The third-order valence-corrected chi connectivity index (χ3v) is 7.67. The molecule has 36 heavy (non-hydrogen) atoms. The fourth-order valence-corrected chi connectivity index (χ4v) is 5.98. The number of H-pyrrole nitrogens is 1. The highest BCUT2D eigenvalue weighted by Crippen LogP contribution is 2.47. The van der Waals surface area contributed by atoms with E-state index >= 15 is 4.39 Å². The van der Waals surface area contributed by atoms with Crippen molar-refractivity contribution in [1.29, 1.82) is 0 Å². The lowest BCUT2D eigenvalue weighted by molar-refractivity contribution is -0.148. The van der Waals surface area contributed by atoms with Gasteiger partial charge < -0.3 is 19.9 Å². The first-order valence-electron chi connectivity index (χ1n) is 11.9. The Bertz CT molecular complexity index is 1470. The van der Waals surface area contributed by atoms with Crippen LogP contribution in [0.25, 0.3) is 33.7 Å². The highest BCUT2D eigenvalue weighted by Gasteiger charge is 2.47. The first-order valence-corrected chi connectivity index (χ1v) is 11.9. The average Bonchev–Trinajstić information content (AvgIpc) is 3.43. The van der Waals surface area contributed by atoms with E-state index in [0.29, 0.717) is 33.6 Å². The molecule has 0 aromatic carbocycles. The molecule has 4 aromatic heterocycles. The van der Waals surface area contributed by atoms with Crippen molar-refractivity contribution >= 4 is 22.8 Å². The number of hydrogen-bond donors (Lipinski definition) is 3. The van der Waals surface area contributed by atoms with Crippen molar-refractivity contribution in [2.45, 2.75) is 45.6 Å². The van der Waals surface area contributed by atoms with Crippen molar-refractivity contribution in [1.82, 2.24) is 25.1 Å². The van der Waals surface area contributed by atoms with Crippen molar-refractivity contribution in [3.63, 3.8) is 0 Å². The summed E-state index contributed by atoms with van der Waals surface area (Å²) in [6, 6.07) is 0.844. The van der Waals surface area contributed by atoms with Crippen molar-refractivity contribution in [2.24, 2.45) is 17.8 Å². The molecule has 2 bridgehead atoms. The molecule has 0 spiro atoms. The van der Waals surface area contributed by atoms with Crippen molar-refractivity contribution < 1.29 is 23.2 Å². The number of nitrogens with zero attached hydrogens (tertiary/aromatic N) is 4. The third kappa shape index (κ3) is 3.52. The van der Waals surface area contributed by atoms with Crippen LogP contribution in [0.4, 0.5) is 14.6 Å². The van der Waals surface area contributed by atoms with Gasteiger partial charge in [0.25, 0.3) is 0 Å². The second kappa shape index (κ2) is 8.35. The van der Waals surface area contributed by atoms with Crippen LogP contribution >= 0.6 is 0 Å². The minimum atomic E-state index is -0.888. The van der Waals surface area contributed by atoms with E-state index in [4.69, 9.17) is 4.52 Å². The third-order valence-electron chi connectivity index (χ3n) is 7.67. The number of carbonyl (C=O) groups is 1. The highest BCUT2D eigenvalue weighted by atomic mass is 19.1. The maximum absolute atomic E-state index is 16.0. The molecular formula is C25H24F2N6O3. The number of carboxylic acids is 1. The van der Waals surface area contributed by atoms with Crippen LogP contribution in [0.5, 0.6) is 0 Å². The number of carboxylic acid groups (broad SMARTS) is 1. The zero-order valence-corrected chi connectivity index (χ0v) is 19.7. The minimum absolute atomic E-state index is 0.0229. The van der Waals surface area contributed by atoms with Crippen molar-refractivity contribution in [3.8, 4) is 22.6 Å². The van der Waals surface area contributed by atoms with Gasteiger partial charge in [0.1, 0.15) is 22.9 Å². The van der Waals surface area contributed by atoms with Crippen LogP contribution in [-0.2, 0) is 4.79 Å². The molecule has 3 aliphatic carbocycles. The lowest BCUT2D eigenvalue weighted by Crippen LogP contribution is -2.51. The zero-order chi connectivity index (χ0) is 25.1. The van der Waals surface area contributed by atoms with E-state index in [-0.39, 0.29) is 29.2 Å². The van der Waals surface area contributed by atoms with Gasteiger partial charge in [-0.3, -0.25) is 4.79 Å². The van der Waals surface area contributed by atoms with Gasteiger partial charge in [-0.15, -0.1) is 0 Å². The second-order valence-corrected chi connectivity index (χ2v) is 9.72. The smallest absolute Gasteiger partial charge is 0.308 e. The number of pyridine rings is 1.